The van der Waals surface area contributed by atoms with Crippen LogP contribution in [0.3, 0.4) is 0 Å². The standard InChI is InChI=1S/C16H17F3O/c1-9-8-10(16(17,18)19)6-7-11(9)15(20)14-12-4-2-3-5-13(12)14/h6-8,12-14H,2-5H2,1H3. The van der Waals surface area contributed by atoms with E-state index in [1.54, 1.807) is 6.92 Å². The Balaban J connectivity index is 1.82. The van der Waals surface area contributed by atoms with Gasteiger partial charge in [0.1, 0.15) is 0 Å². The molecule has 0 amide bonds. The molecule has 0 spiro atoms. The number of fused-ring (bicyclic) bond motifs is 1. The number of carbonyl (C=O) groups is 1. The topological polar surface area (TPSA) is 17.1 Å². The molecule has 0 radical (unpaired) electrons. The number of hydrogen-bond donors (Lipinski definition) is 0. The van der Waals surface area contributed by atoms with Crippen molar-refractivity contribution in [2.75, 3.05) is 0 Å². The van der Waals surface area contributed by atoms with E-state index < -0.39 is 11.7 Å². The number of benzene rings is 1. The lowest BCUT2D eigenvalue weighted by Gasteiger charge is -2.10. The predicted octanol–water partition coefficient (Wildman–Crippen LogP) is 4.63. The highest BCUT2D eigenvalue weighted by Gasteiger charge is 2.54. The fourth-order valence-corrected chi connectivity index (χ4v) is 3.68. The van der Waals surface area contributed by atoms with Crippen LogP contribution in [-0.2, 0) is 6.18 Å². The van der Waals surface area contributed by atoms with Crippen molar-refractivity contribution in [3.05, 3.63) is 34.9 Å². The first-order valence-electron chi connectivity index (χ1n) is 7.11. The highest BCUT2D eigenvalue weighted by Crippen LogP contribution is 2.56. The van der Waals surface area contributed by atoms with Crippen molar-refractivity contribution >= 4 is 5.78 Å². The van der Waals surface area contributed by atoms with Crippen molar-refractivity contribution in [2.45, 2.75) is 38.8 Å². The lowest BCUT2D eigenvalue weighted by atomic mass is 9.98. The molecule has 3 rings (SSSR count). The van der Waals surface area contributed by atoms with E-state index in [1.165, 1.54) is 18.9 Å². The summed E-state index contributed by atoms with van der Waals surface area (Å²) in [6.07, 6.45) is 0.204. The third kappa shape index (κ3) is 2.25. The van der Waals surface area contributed by atoms with E-state index in [9.17, 15) is 18.0 Å². The molecule has 2 fully saturated rings. The average molecular weight is 282 g/mol. The molecular weight excluding hydrogens is 265 g/mol. The van der Waals surface area contributed by atoms with E-state index in [-0.39, 0.29) is 11.7 Å². The van der Waals surface area contributed by atoms with Crippen molar-refractivity contribution < 1.29 is 18.0 Å². The number of Topliss-reactive ketones (excluding diaryl/α,β-unsaturated/α-hetero) is 1. The maximum Gasteiger partial charge on any atom is 0.416 e. The van der Waals surface area contributed by atoms with E-state index >= 15 is 0 Å². The summed E-state index contributed by atoms with van der Waals surface area (Å²) in [5.41, 5.74) is 0.227. The fraction of sp³-hybridized carbons (Fsp3) is 0.562. The van der Waals surface area contributed by atoms with E-state index in [0.717, 1.165) is 25.0 Å². The molecule has 1 nitrogen and oxygen atoms in total. The first-order chi connectivity index (χ1) is 9.39. The van der Waals surface area contributed by atoms with Gasteiger partial charge < -0.3 is 0 Å². The minimum Gasteiger partial charge on any atom is -0.294 e. The summed E-state index contributed by atoms with van der Waals surface area (Å²) in [5, 5.41) is 0. The highest BCUT2D eigenvalue weighted by molar-refractivity contribution is 6.01. The molecule has 2 saturated carbocycles. The molecule has 4 heteroatoms. The zero-order chi connectivity index (χ0) is 14.5. The second-order valence-electron chi connectivity index (χ2n) is 6.03. The number of alkyl halides is 3. The smallest absolute Gasteiger partial charge is 0.294 e. The van der Waals surface area contributed by atoms with Crippen LogP contribution in [-0.4, -0.2) is 5.78 Å². The van der Waals surface area contributed by atoms with Crippen LogP contribution in [0.15, 0.2) is 18.2 Å². The number of halogens is 3. The van der Waals surface area contributed by atoms with Crippen molar-refractivity contribution in [3.8, 4) is 0 Å². The molecule has 2 atom stereocenters. The van der Waals surface area contributed by atoms with Crippen LogP contribution in [0, 0.1) is 24.7 Å². The molecule has 0 bridgehead atoms. The van der Waals surface area contributed by atoms with Gasteiger partial charge in [-0.25, -0.2) is 0 Å². The Morgan fingerprint density at radius 3 is 2.25 bits per heavy atom. The fourth-order valence-electron chi connectivity index (χ4n) is 3.68. The van der Waals surface area contributed by atoms with Gasteiger partial charge in [-0.1, -0.05) is 18.9 Å². The zero-order valence-electron chi connectivity index (χ0n) is 11.3. The molecule has 1 aromatic rings. The summed E-state index contributed by atoms with van der Waals surface area (Å²) in [6.45, 7) is 1.59. The van der Waals surface area contributed by atoms with E-state index in [2.05, 4.69) is 0 Å². The Labute approximate surface area is 116 Å². The number of rotatable bonds is 2. The van der Waals surface area contributed by atoms with Crippen LogP contribution in [0.25, 0.3) is 0 Å². The first-order valence-corrected chi connectivity index (χ1v) is 7.11. The number of aryl methyl sites for hydroxylation is 1. The summed E-state index contributed by atoms with van der Waals surface area (Å²) in [6, 6.07) is 3.45. The molecular formula is C16H17F3O. The lowest BCUT2D eigenvalue weighted by molar-refractivity contribution is -0.137. The van der Waals surface area contributed by atoms with Crippen molar-refractivity contribution in [2.24, 2.45) is 17.8 Å². The van der Waals surface area contributed by atoms with Crippen LogP contribution < -0.4 is 0 Å². The van der Waals surface area contributed by atoms with Crippen molar-refractivity contribution in [1.82, 2.24) is 0 Å². The Kier molecular flexibility index (Phi) is 3.14. The molecule has 1 aromatic carbocycles. The monoisotopic (exact) mass is 282 g/mol. The molecule has 2 unspecified atom stereocenters. The van der Waals surface area contributed by atoms with E-state index in [1.807, 2.05) is 0 Å². The molecule has 0 N–H and O–H groups in total. The van der Waals surface area contributed by atoms with E-state index in [4.69, 9.17) is 0 Å². The van der Waals surface area contributed by atoms with Crippen LogP contribution in [0.5, 0.6) is 0 Å². The van der Waals surface area contributed by atoms with Gasteiger partial charge in [0.2, 0.25) is 0 Å². The van der Waals surface area contributed by atoms with Gasteiger partial charge in [0, 0.05) is 11.5 Å². The predicted molar refractivity (Wildman–Crippen MR) is 69.4 cm³/mol. The summed E-state index contributed by atoms with van der Waals surface area (Å²) in [5.74, 6) is 1.08. The highest BCUT2D eigenvalue weighted by atomic mass is 19.4. The third-order valence-electron chi connectivity index (χ3n) is 4.78. The molecule has 0 aliphatic heterocycles. The maximum absolute atomic E-state index is 12.6. The minimum absolute atomic E-state index is 0.0492. The molecule has 2 aliphatic rings. The Bertz CT molecular complexity index is 535. The first kappa shape index (κ1) is 13.7. The number of hydrogen-bond acceptors (Lipinski definition) is 1. The summed E-state index contributed by atoms with van der Waals surface area (Å²) >= 11 is 0. The van der Waals surface area contributed by atoms with Crippen LogP contribution in [0.1, 0.15) is 47.2 Å². The van der Waals surface area contributed by atoms with Gasteiger partial charge >= 0.3 is 6.18 Å². The van der Waals surface area contributed by atoms with Gasteiger partial charge in [0.15, 0.2) is 5.78 Å². The van der Waals surface area contributed by atoms with Gasteiger partial charge in [-0.3, -0.25) is 4.79 Å². The zero-order valence-corrected chi connectivity index (χ0v) is 11.3. The Morgan fingerprint density at radius 2 is 1.75 bits per heavy atom. The van der Waals surface area contributed by atoms with Crippen molar-refractivity contribution in [3.63, 3.8) is 0 Å². The second kappa shape index (κ2) is 4.61. The summed E-state index contributed by atoms with van der Waals surface area (Å²) in [7, 11) is 0. The number of carbonyl (C=O) groups excluding carboxylic acids is 1. The quantitative estimate of drug-likeness (QED) is 0.723. The van der Waals surface area contributed by atoms with Crippen LogP contribution >= 0.6 is 0 Å². The van der Waals surface area contributed by atoms with E-state index in [0.29, 0.717) is 23.0 Å². The molecule has 0 heterocycles. The number of ketones is 1. The van der Waals surface area contributed by atoms with Gasteiger partial charge in [0.05, 0.1) is 5.56 Å². The van der Waals surface area contributed by atoms with Gasteiger partial charge in [-0.2, -0.15) is 13.2 Å². The molecule has 2 aliphatic carbocycles. The van der Waals surface area contributed by atoms with Crippen molar-refractivity contribution in [1.29, 1.82) is 0 Å². The Hall–Kier alpha value is -1.32. The molecule has 20 heavy (non-hydrogen) atoms. The SMILES string of the molecule is Cc1cc(C(F)(F)F)ccc1C(=O)C1C2CCCCC21. The lowest BCUT2D eigenvalue weighted by Crippen LogP contribution is -2.10. The van der Waals surface area contributed by atoms with Crippen LogP contribution in [0.4, 0.5) is 13.2 Å². The van der Waals surface area contributed by atoms with Crippen LogP contribution in [0.2, 0.25) is 0 Å². The van der Waals surface area contributed by atoms with Gasteiger partial charge in [-0.15, -0.1) is 0 Å². The van der Waals surface area contributed by atoms with Gasteiger partial charge in [0.25, 0.3) is 0 Å². The normalized spacial score (nSPS) is 28.9. The molecule has 0 aromatic heterocycles. The largest absolute Gasteiger partial charge is 0.416 e. The molecule has 0 saturated heterocycles. The minimum atomic E-state index is -4.35. The van der Waals surface area contributed by atoms with Gasteiger partial charge in [-0.05, 0) is 49.3 Å². The second-order valence-corrected chi connectivity index (χ2v) is 6.03. The average Bonchev–Trinajstić information content (AvgIpc) is 3.11. The summed E-state index contributed by atoms with van der Waals surface area (Å²) < 4.78 is 37.9. The Morgan fingerprint density at radius 1 is 1.15 bits per heavy atom. The third-order valence-corrected chi connectivity index (χ3v) is 4.78. The maximum atomic E-state index is 12.6. The summed E-state index contributed by atoms with van der Waals surface area (Å²) in [4.78, 5) is 12.5. The molecule has 108 valence electrons.